The van der Waals surface area contributed by atoms with Gasteiger partial charge in [-0.15, -0.1) is 0 Å². The van der Waals surface area contributed by atoms with Gasteiger partial charge in [0, 0.05) is 37.3 Å². The van der Waals surface area contributed by atoms with E-state index in [9.17, 15) is 9.90 Å². The Morgan fingerprint density at radius 1 is 0.810 bits per heavy atom. The van der Waals surface area contributed by atoms with E-state index in [1.165, 1.54) is 5.69 Å². The third-order valence-electron chi connectivity index (χ3n) is 7.41. The molecule has 0 fully saturated rings. The van der Waals surface area contributed by atoms with Crippen LogP contribution >= 0.6 is 0 Å². The van der Waals surface area contributed by atoms with Gasteiger partial charge in [-0.1, -0.05) is 98.3 Å². The first-order valence-electron chi connectivity index (χ1n) is 14.4. The van der Waals surface area contributed by atoms with Crippen molar-refractivity contribution in [1.82, 2.24) is 14.5 Å². The number of aromatic nitrogens is 2. The van der Waals surface area contributed by atoms with Crippen LogP contribution < -0.4 is 4.74 Å². The van der Waals surface area contributed by atoms with Crippen molar-refractivity contribution >= 4 is 5.97 Å². The van der Waals surface area contributed by atoms with Crippen molar-refractivity contribution in [2.45, 2.75) is 45.9 Å². The molecule has 1 N–H and O–H groups in total. The zero-order valence-corrected chi connectivity index (χ0v) is 24.2. The van der Waals surface area contributed by atoms with E-state index < -0.39 is 5.97 Å². The van der Waals surface area contributed by atoms with Gasteiger partial charge in [0.1, 0.15) is 11.6 Å². The molecule has 1 heterocycles. The highest BCUT2D eigenvalue weighted by Crippen LogP contribution is 2.32. The Morgan fingerprint density at radius 2 is 1.48 bits per heavy atom. The maximum absolute atomic E-state index is 11.5. The van der Waals surface area contributed by atoms with Gasteiger partial charge in [-0.2, -0.15) is 0 Å². The largest absolute Gasteiger partial charge is 0.497 e. The lowest BCUT2D eigenvalue weighted by Crippen LogP contribution is -2.24. The molecule has 0 amide bonds. The van der Waals surface area contributed by atoms with Gasteiger partial charge in [0.15, 0.2) is 0 Å². The topological polar surface area (TPSA) is 67.6 Å². The molecule has 0 saturated carbocycles. The summed E-state index contributed by atoms with van der Waals surface area (Å²) < 4.78 is 7.91. The minimum atomic E-state index is -0.921. The van der Waals surface area contributed by atoms with Gasteiger partial charge in [-0.25, -0.2) is 9.78 Å². The van der Waals surface area contributed by atoms with E-state index >= 15 is 0 Å². The Kier molecular flexibility index (Phi) is 9.47. The first kappa shape index (κ1) is 28.8. The van der Waals surface area contributed by atoms with Gasteiger partial charge in [0.25, 0.3) is 0 Å². The molecule has 4 aromatic carbocycles. The molecule has 6 heteroatoms. The third-order valence-corrected chi connectivity index (χ3v) is 7.41. The molecule has 6 nitrogen and oxygen atoms in total. The normalized spacial score (nSPS) is 11.1. The van der Waals surface area contributed by atoms with Crippen molar-refractivity contribution in [3.8, 4) is 28.4 Å². The Bertz CT molecular complexity index is 1600. The number of carboxylic acid groups (broad SMARTS) is 1. The standard InChI is InChI=1S/C36H37N3O3/c1-3-4-22-39-33(34(29-13-7-5-8-14-29)37-35(39)30-15-9-6-10-16-30)26-38(25-28-12-11-17-32(23-28)42-2)24-27-18-20-31(21-19-27)36(40)41/h5-21,23H,3-4,22,24-26H2,1-2H3,(H,40,41). The summed E-state index contributed by atoms with van der Waals surface area (Å²) in [6.07, 6.45) is 2.12. The van der Waals surface area contributed by atoms with Gasteiger partial charge in [-0.3, -0.25) is 4.90 Å². The van der Waals surface area contributed by atoms with Gasteiger partial charge < -0.3 is 14.4 Å². The van der Waals surface area contributed by atoms with E-state index in [0.29, 0.717) is 19.6 Å². The molecule has 0 aliphatic heterocycles. The van der Waals surface area contributed by atoms with Crippen LogP contribution in [0.5, 0.6) is 5.75 Å². The lowest BCUT2D eigenvalue weighted by Gasteiger charge is -2.25. The highest BCUT2D eigenvalue weighted by atomic mass is 16.5. The predicted octanol–water partition coefficient (Wildman–Crippen LogP) is 7.93. The number of methoxy groups -OCH3 is 1. The second kappa shape index (κ2) is 13.8. The number of hydrogen-bond acceptors (Lipinski definition) is 4. The number of rotatable bonds is 13. The smallest absolute Gasteiger partial charge is 0.335 e. The van der Waals surface area contributed by atoms with Crippen LogP contribution in [0.2, 0.25) is 0 Å². The molecule has 0 atom stereocenters. The Morgan fingerprint density at radius 3 is 2.12 bits per heavy atom. The average Bonchev–Trinajstić information content (AvgIpc) is 3.38. The highest BCUT2D eigenvalue weighted by Gasteiger charge is 2.22. The van der Waals surface area contributed by atoms with Crippen molar-refractivity contribution < 1.29 is 14.6 Å². The molecular formula is C36H37N3O3. The van der Waals surface area contributed by atoms with Crippen LogP contribution in [0.3, 0.4) is 0 Å². The third kappa shape index (κ3) is 6.96. The van der Waals surface area contributed by atoms with Crippen molar-refractivity contribution in [2.24, 2.45) is 0 Å². The van der Waals surface area contributed by atoms with E-state index in [0.717, 1.165) is 58.9 Å². The van der Waals surface area contributed by atoms with Crippen LogP contribution in [0.25, 0.3) is 22.6 Å². The molecule has 5 aromatic rings. The molecule has 1 aromatic heterocycles. The quantitative estimate of drug-likeness (QED) is 0.159. The SMILES string of the molecule is CCCCn1c(-c2ccccc2)nc(-c2ccccc2)c1CN(Cc1ccc(C(=O)O)cc1)Cc1cccc(OC)c1. The molecule has 42 heavy (non-hydrogen) atoms. The zero-order chi connectivity index (χ0) is 29.3. The molecule has 0 bridgehead atoms. The highest BCUT2D eigenvalue weighted by molar-refractivity contribution is 5.87. The fourth-order valence-corrected chi connectivity index (χ4v) is 5.26. The van der Waals surface area contributed by atoms with E-state index in [4.69, 9.17) is 9.72 Å². The number of benzene rings is 4. The van der Waals surface area contributed by atoms with Gasteiger partial charge >= 0.3 is 5.97 Å². The maximum atomic E-state index is 11.5. The zero-order valence-electron chi connectivity index (χ0n) is 24.2. The lowest BCUT2D eigenvalue weighted by molar-refractivity contribution is 0.0697. The van der Waals surface area contributed by atoms with Gasteiger partial charge in [0.2, 0.25) is 0 Å². The molecule has 0 radical (unpaired) electrons. The molecule has 5 rings (SSSR count). The fourth-order valence-electron chi connectivity index (χ4n) is 5.26. The average molecular weight is 560 g/mol. The molecule has 0 aliphatic carbocycles. The summed E-state index contributed by atoms with van der Waals surface area (Å²) in [5.41, 5.74) is 6.82. The van der Waals surface area contributed by atoms with Crippen LogP contribution in [-0.4, -0.2) is 32.6 Å². The number of aromatic carboxylic acids is 1. The van der Waals surface area contributed by atoms with Crippen LogP contribution in [0.4, 0.5) is 0 Å². The number of hydrogen-bond donors (Lipinski definition) is 1. The molecule has 0 saturated heterocycles. The van der Waals surface area contributed by atoms with Gasteiger partial charge in [0.05, 0.1) is 24.1 Å². The second-order valence-corrected chi connectivity index (χ2v) is 10.5. The first-order valence-corrected chi connectivity index (χ1v) is 14.4. The summed E-state index contributed by atoms with van der Waals surface area (Å²) in [6.45, 7) is 5.07. The van der Waals surface area contributed by atoms with Crippen molar-refractivity contribution in [3.05, 3.63) is 132 Å². The maximum Gasteiger partial charge on any atom is 0.335 e. The molecule has 0 unspecified atom stereocenters. The van der Waals surface area contributed by atoms with Crippen molar-refractivity contribution in [1.29, 1.82) is 0 Å². The molecule has 214 valence electrons. The van der Waals surface area contributed by atoms with E-state index in [1.807, 2.05) is 36.4 Å². The second-order valence-electron chi connectivity index (χ2n) is 10.5. The monoisotopic (exact) mass is 559 g/mol. The van der Waals surface area contributed by atoms with Crippen LogP contribution in [0, 0.1) is 0 Å². The molecule has 0 spiro atoms. The van der Waals surface area contributed by atoms with Crippen molar-refractivity contribution in [2.75, 3.05) is 7.11 Å². The van der Waals surface area contributed by atoms with Crippen molar-refractivity contribution in [3.63, 3.8) is 0 Å². The summed E-state index contributed by atoms with van der Waals surface area (Å²) in [6, 6.07) is 36.1. The van der Waals surface area contributed by atoms with Crippen LogP contribution in [0.15, 0.2) is 109 Å². The minimum absolute atomic E-state index is 0.287. The number of nitrogens with zero attached hydrogens (tertiary/aromatic N) is 3. The summed E-state index contributed by atoms with van der Waals surface area (Å²) in [5.74, 6) is 0.878. The fraction of sp³-hybridized carbons (Fsp3) is 0.222. The number of unbranched alkanes of at least 4 members (excludes halogenated alkanes) is 1. The molecule has 0 aliphatic rings. The number of carbonyl (C=O) groups is 1. The Labute approximate surface area is 247 Å². The number of carboxylic acids is 1. The minimum Gasteiger partial charge on any atom is -0.497 e. The number of imidazole rings is 1. The number of ether oxygens (including phenoxy) is 1. The summed E-state index contributed by atoms with van der Waals surface area (Å²) >= 11 is 0. The molecular weight excluding hydrogens is 522 g/mol. The van der Waals surface area contributed by atoms with Crippen LogP contribution in [0.1, 0.15) is 46.9 Å². The summed E-state index contributed by atoms with van der Waals surface area (Å²) in [4.78, 5) is 19.1. The Balaban J connectivity index is 1.60. The van der Waals surface area contributed by atoms with Gasteiger partial charge in [-0.05, 0) is 41.8 Å². The van der Waals surface area contributed by atoms with E-state index in [-0.39, 0.29) is 5.56 Å². The predicted molar refractivity (Wildman–Crippen MR) is 167 cm³/mol. The first-order chi connectivity index (χ1) is 20.6. The lowest BCUT2D eigenvalue weighted by atomic mass is 10.1. The summed E-state index contributed by atoms with van der Waals surface area (Å²) in [7, 11) is 1.68. The van der Waals surface area contributed by atoms with E-state index in [2.05, 4.69) is 77.1 Å². The van der Waals surface area contributed by atoms with E-state index in [1.54, 1.807) is 19.2 Å². The Hall–Kier alpha value is -4.68. The van der Waals surface area contributed by atoms with Crippen LogP contribution in [-0.2, 0) is 26.2 Å². The summed E-state index contributed by atoms with van der Waals surface area (Å²) in [5, 5.41) is 9.40.